The first-order valence-electron chi connectivity index (χ1n) is 5.36. The van der Waals surface area contributed by atoms with E-state index in [2.05, 4.69) is 24.0 Å². The van der Waals surface area contributed by atoms with Crippen molar-refractivity contribution in [1.82, 2.24) is 4.90 Å². The molecule has 0 aromatic rings. The molecule has 0 atom stereocenters. The summed E-state index contributed by atoms with van der Waals surface area (Å²) in [5.74, 6) is 0.759. The van der Waals surface area contributed by atoms with E-state index in [1.54, 1.807) is 0 Å². The van der Waals surface area contributed by atoms with Gasteiger partial charge in [0.25, 0.3) is 0 Å². The maximum absolute atomic E-state index is 8.62. The predicted molar refractivity (Wildman–Crippen MR) is 55.7 cm³/mol. The third kappa shape index (κ3) is 3.92. The predicted octanol–water partition coefficient (Wildman–Crippen LogP) is 1.66. The first-order valence-corrected chi connectivity index (χ1v) is 5.36. The molecule has 0 unspecified atom stereocenters. The topological polar surface area (TPSA) is 23.5 Å². The summed E-state index contributed by atoms with van der Waals surface area (Å²) in [4.78, 5) is 2.50. The van der Waals surface area contributed by atoms with Crippen LogP contribution >= 0.6 is 0 Å². The van der Waals surface area contributed by atoms with E-state index >= 15 is 0 Å². The molecule has 0 bridgehead atoms. The van der Waals surface area contributed by atoms with Crippen molar-refractivity contribution in [2.75, 3.05) is 26.2 Å². The van der Waals surface area contributed by atoms with Gasteiger partial charge in [0.2, 0.25) is 0 Å². The smallest absolute Gasteiger partial charge is 0.0465 e. The molecule has 1 aliphatic rings. The number of nitrogens with zero attached hydrogens (tertiary/aromatic N) is 1. The number of hydrogen-bond donors (Lipinski definition) is 1. The summed E-state index contributed by atoms with van der Waals surface area (Å²) in [6, 6.07) is 0. The van der Waals surface area contributed by atoms with Crippen molar-refractivity contribution in [3.8, 4) is 0 Å². The average Bonchev–Trinajstić information content (AvgIpc) is 2.19. The third-order valence-electron chi connectivity index (χ3n) is 2.78. The van der Waals surface area contributed by atoms with E-state index < -0.39 is 0 Å². The second-order valence-corrected chi connectivity index (χ2v) is 3.71. The van der Waals surface area contributed by atoms with E-state index in [1.807, 2.05) is 0 Å². The van der Waals surface area contributed by atoms with Gasteiger partial charge in [0.05, 0.1) is 0 Å². The highest BCUT2D eigenvalue weighted by Crippen LogP contribution is 2.17. The molecule has 0 amide bonds. The van der Waals surface area contributed by atoms with Crippen molar-refractivity contribution in [3.05, 3.63) is 12.2 Å². The molecule has 1 heterocycles. The maximum atomic E-state index is 8.62. The summed E-state index contributed by atoms with van der Waals surface area (Å²) in [6.07, 6.45) is 7.79. The minimum Gasteiger partial charge on any atom is -0.396 e. The van der Waals surface area contributed by atoms with Gasteiger partial charge in [-0.2, -0.15) is 0 Å². The number of aliphatic hydroxyl groups is 1. The van der Waals surface area contributed by atoms with Crippen molar-refractivity contribution in [2.24, 2.45) is 5.92 Å². The molecule has 13 heavy (non-hydrogen) atoms. The molecule has 1 N–H and O–H groups in total. The Balaban J connectivity index is 2.17. The summed E-state index contributed by atoms with van der Waals surface area (Å²) in [5.41, 5.74) is 0. The molecule has 0 spiro atoms. The number of hydrogen-bond acceptors (Lipinski definition) is 2. The molecule has 0 radical (unpaired) electrons. The molecular formula is C11H21NO. The van der Waals surface area contributed by atoms with Gasteiger partial charge in [-0.05, 0) is 44.8 Å². The van der Waals surface area contributed by atoms with E-state index in [4.69, 9.17) is 5.11 Å². The first kappa shape index (κ1) is 10.7. The lowest BCUT2D eigenvalue weighted by Crippen LogP contribution is -2.32. The SMILES string of the molecule is CCN1CCC(/C=C\CCO)CC1. The number of rotatable bonds is 4. The summed E-state index contributed by atoms with van der Waals surface area (Å²) >= 11 is 0. The van der Waals surface area contributed by atoms with Gasteiger partial charge < -0.3 is 10.0 Å². The molecule has 0 aromatic carbocycles. The quantitative estimate of drug-likeness (QED) is 0.670. The van der Waals surface area contributed by atoms with E-state index in [9.17, 15) is 0 Å². The highest BCUT2D eigenvalue weighted by Gasteiger charge is 2.14. The average molecular weight is 183 g/mol. The van der Waals surface area contributed by atoms with E-state index in [1.165, 1.54) is 32.5 Å². The van der Waals surface area contributed by atoms with Crippen molar-refractivity contribution >= 4 is 0 Å². The minimum atomic E-state index is 0.282. The molecule has 1 rings (SSSR count). The Labute approximate surface area is 81.2 Å². The lowest BCUT2D eigenvalue weighted by atomic mass is 9.96. The zero-order valence-corrected chi connectivity index (χ0v) is 8.58. The fraction of sp³-hybridized carbons (Fsp3) is 0.818. The summed E-state index contributed by atoms with van der Waals surface area (Å²) in [5, 5.41) is 8.62. The monoisotopic (exact) mass is 183 g/mol. The Morgan fingerprint density at radius 3 is 2.62 bits per heavy atom. The molecular weight excluding hydrogens is 162 g/mol. The highest BCUT2D eigenvalue weighted by atomic mass is 16.2. The van der Waals surface area contributed by atoms with Crippen LogP contribution < -0.4 is 0 Å². The number of allylic oxidation sites excluding steroid dienone is 1. The Morgan fingerprint density at radius 2 is 2.08 bits per heavy atom. The van der Waals surface area contributed by atoms with Crippen LogP contribution in [0.25, 0.3) is 0 Å². The van der Waals surface area contributed by atoms with Crippen LogP contribution in [0.15, 0.2) is 12.2 Å². The third-order valence-corrected chi connectivity index (χ3v) is 2.78. The first-order chi connectivity index (χ1) is 6.36. The summed E-state index contributed by atoms with van der Waals surface area (Å²) in [7, 11) is 0. The van der Waals surface area contributed by atoms with Crippen molar-refractivity contribution < 1.29 is 5.11 Å². The van der Waals surface area contributed by atoms with Crippen LogP contribution in [0.2, 0.25) is 0 Å². The van der Waals surface area contributed by atoms with Crippen LogP contribution in [0.1, 0.15) is 26.2 Å². The fourth-order valence-electron chi connectivity index (χ4n) is 1.82. The molecule has 0 saturated carbocycles. The van der Waals surface area contributed by atoms with E-state index in [0.717, 1.165) is 12.3 Å². The van der Waals surface area contributed by atoms with Crippen LogP contribution in [-0.2, 0) is 0 Å². The second kappa shape index (κ2) is 6.17. The van der Waals surface area contributed by atoms with Gasteiger partial charge in [0.1, 0.15) is 0 Å². The molecule has 1 saturated heterocycles. The van der Waals surface area contributed by atoms with E-state index in [-0.39, 0.29) is 6.61 Å². The van der Waals surface area contributed by atoms with Gasteiger partial charge in [-0.3, -0.25) is 0 Å². The molecule has 0 aliphatic carbocycles. The van der Waals surface area contributed by atoms with Gasteiger partial charge in [0.15, 0.2) is 0 Å². The van der Waals surface area contributed by atoms with Crippen LogP contribution in [0, 0.1) is 5.92 Å². The van der Waals surface area contributed by atoms with Crippen molar-refractivity contribution in [3.63, 3.8) is 0 Å². The normalized spacial score (nSPS) is 21.4. The molecule has 2 heteroatoms. The van der Waals surface area contributed by atoms with Gasteiger partial charge in [-0.15, -0.1) is 0 Å². The molecule has 0 aromatic heterocycles. The largest absolute Gasteiger partial charge is 0.396 e. The van der Waals surface area contributed by atoms with Gasteiger partial charge in [0, 0.05) is 6.61 Å². The highest BCUT2D eigenvalue weighted by molar-refractivity contribution is 4.90. The minimum absolute atomic E-state index is 0.282. The maximum Gasteiger partial charge on any atom is 0.0465 e. The Kier molecular flexibility index (Phi) is 5.09. The molecule has 1 aliphatic heterocycles. The number of likely N-dealkylation sites (tertiary alicyclic amines) is 1. The van der Waals surface area contributed by atoms with Gasteiger partial charge in [-0.1, -0.05) is 19.1 Å². The zero-order chi connectivity index (χ0) is 9.52. The molecule has 2 nitrogen and oxygen atoms in total. The van der Waals surface area contributed by atoms with Gasteiger partial charge >= 0.3 is 0 Å². The van der Waals surface area contributed by atoms with Crippen LogP contribution in [0.4, 0.5) is 0 Å². The molecule has 1 fully saturated rings. The zero-order valence-electron chi connectivity index (χ0n) is 8.58. The lowest BCUT2D eigenvalue weighted by molar-refractivity contribution is 0.212. The standard InChI is InChI=1S/C11H21NO/c1-2-12-8-6-11(7-9-12)5-3-4-10-13/h3,5,11,13H,2,4,6-10H2,1H3/b5-3-. The lowest BCUT2D eigenvalue weighted by Gasteiger charge is -2.29. The Morgan fingerprint density at radius 1 is 1.38 bits per heavy atom. The Bertz CT molecular complexity index is 148. The second-order valence-electron chi connectivity index (χ2n) is 3.71. The number of aliphatic hydroxyl groups excluding tert-OH is 1. The van der Waals surface area contributed by atoms with Crippen molar-refractivity contribution in [2.45, 2.75) is 26.2 Å². The fourth-order valence-corrected chi connectivity index (χ4v) is 1.82. The number of piperidine rings is 1. The Hall–Kier alpha value is -0.340. The van der Waals surface area contributed by atoms with Gasteiger partial charge in [-0.25, -0.2) is 0 Å². The summed E-state index contributed by atoms with van der Waals surface area (Å²) < 4.78 is 0. The van der Waals surface area contributed by atoms with Crippen molar-refractivity contribution in [1.29, 1.82) is 0 Å². The van der Waals surface area contributed by atoms with Crippen LogP contribution in [-0.4, -0.2) is 36.2 Å². The van der Waals surface area contributed by atoms with E-state index in [0.29, 0.717) is 0 Å². The summed E-state index contributed by atoms with van der Waals surface area (Å²) in [6.45, 7) is 6.18. The van der Waals surface area contributed by atoms with Crippen LogP contribution in [0.5, 0.6) is 0 Å². The van der Waals surface area contributed by atoms with Crippen LogP contribution in [0.3, 0.4) is 0 Å². The molecule has 76 valence electrons.